The van der Waals surface area contributed by atoms with Crippen molar-refractivity contribution < 1.29 is 13.2 Å². The van der Waals surface area contributed by atoms with Gasteiger partial charge in [0, 0.05) is 11.0 Å². The molecule has 1 amide bonds. The number of sulfone groups is 1. The molecule has 0 aliphatic heterocycles. The molecular weight excluding hydrogens is 486 g/mol. The van der Waals surface area contributed by atoms with Crippen LogP contribution >= 0.6 is 27.3 Å². The van der Waals surface area contributed by atoms with Gasteiger partial charge in [-0.25, -0.2) is 13.4 Å². The average molecular weight is 510 g/mol. The highest BCUT2D eigenvalue weighted by molar-refractivity contribution is 9.10. The van der Waals surface area contributed by atoms with Gasteiger partial charge in [-0.2, -0.15) is 0 Å². The van der Waals surface area contributed by atoms with E-state index in [0.29, 0.717) is 11.7 Å². The van der Waals surface area contributed by atoms with Crippen molar-refractivity contribution in [2.45, 2.75) is 18.2 Å². The molecule has 6 nitrogen and oxygen atoms in total. The number of carbonyl (C=O) groups excluding carboxylic acids is 1. The third kappa shape index (κ3) is 5.08. The molecule has 0 atom stereocenters. The SMILES string of the molecule is CCS(=O)(=O)c1ccccc1C(=O)N(CCCN(C)C)c1nc2ccc(Br)cc2s1. The van der Waals surface area contributed by atoms with E-state index >= 15 is 0 Å². The molecule has 30 heavy (non-hydrogen) atoms. The van der Waals surface area contributed by atoms with E-state index in [1.165, 1.54) is 17.4 Å². The van der Waals surface area contributed by atoms with Crippen molar-refractivity contribution in [2.24, 2.45) is 0 Å². The van der Waals surface area contributed by atoms with Crippen molar-refractivity contribution in [1.29, 1.82) is 0 Å². The second kappa shape index (κ2) is 9.55. The van der Waals surface area contributed by atoms with Gasteiger partial charge in [-0.05, 0) is 57.4 Å². The van der Waals surface area contributed by atoms with Crippen molar-refractivity contribution in [3.63, 3.8) is 0 Å². The zero-order valence-electron chi connectivity index (χ0n) is 17.1. The molecule has 0 saturated carbocycles. The van der Waals surface area contributed by atoms with Crippen LogP contribution in [0.15, 0.2) is 51.8 Å². The summed E-state index contributed by atoms with van der Waals surface area (Å²) < 4.78 is 27.0. The molecule has 0 unspecified atom stereocenters. The van der Waals surface area contributed by atoms with Crippen LogP contribution in [0.2, 0.25) is 0 Å². The topological polar surface area (TPSA) is 70.6 Å². The number of anilines is 1. The number of hydrogen-bond donors (Lipinski definition) is 0. The van der Waals surface area contributed by atoms with Crippen molar-refractivity contribution in [3.05, 3.63) is 52.5 Å². The zero-order chi connectivity index (χ0) is 21.9. The van der Waals surface area contributed by atoms with E-state index < -0.39 is 9.84 Å². The van der Waals surface area contributed by atoms with Crippen LogP contribution < -0.4 is 4.90 Å². The largest absolute Gasteiger partial charge is 0.309 e. The lowest BCUT2D eigenvalue weighted by atomic mass is 10.2. The summed E-state index contributed by atoms with van der Waals surface area (Å²) in [5.74, 6) is -0.410. The number of aromatic nitrogens is 1. The predicted molar refractivity (Wildman–Crippen MR) is 126 cm³/mol. The molecule has 0 radical (unpaired) electrons. The van der Waals surface area contributed by atoms with Gasteiger partial charge < -0.3 is 4.90 Å². The van der Waals surface area contributed by atoms with Gasteiger partial charge in [-0.15, -0.1) is 0 Å². The molecule has 1 aromatic heterocycles. The Morgan fingerprint density at radius 3 is 2.57 bits per heavy atom. The van der Waals surface area contributed by atoms with Crippen LogP contribution in [0.25, 0.3) is 10.2 Å². The third-order valence-electron chi connectivity index (χ3n) is 4.63. The van der Waals surface area contributed by atoms with Crippen LogP contribution in [0.1, 0.15) is 23.7 Å². The van der Waals surface area contributed by atoms with Crippen molar-refractivity contribution >= 4 is 58.4 Å². The fraction of sp³-hybridized carbons (Fsp3) is 0.333. The quantitative estimate of drug-likeness (QED) is 0.448. The Hall–Kier alpha value is -1.81. The van der Waals surface area contributed by atoms with Gasteiger partial charge in [-0.1, -0.05) is 46.3 Å². The summed E-state index contributed by atoms with van der Waals surface area (Å²) in [5, 5.41) is 0.565. The highest BCUT2D eigenvalue weighted by Crippen LogP contribution is 2.32. The van der Waals surface area contributed by atoms with E-state index in [0.717, 1.165) is 27.7 Å². The number of rotatable bonds is 8. The number of thiazole rings is 1. The number of halogens is 1. The first-order chi connectivity index (χ1) is 14.2. The molecule has 3 rings (SSSR count). The minimum absolute atomic E-state index is 0.0624. The van der Waals surface area contributed by atoms with Gasteiger partial charge in [0.05, 0.1) is 26.4 Å². The fourth-order valence-electron chi connectivity index (χ4n) is 3.05. The lowest BCUT2D eigenvalue weighted by Crippen LogP contribution is -2.34. The lowest BCUT2D eigenvalue weighted by molar-refractivity contribution is 0.0983. The van der Waals surface area contributed by atoms with Gasteiger partial charge >= 0.3 is 0 Å². The second-order valence-electron chi connectivity index (χ2n) is 7.12. The number of benzene rings is 2. The number of carbonyl (C=O) groups is 1. The van der Waals surface area contributed by atoms with Crippen molar-refractivity contribution in [1.82, 2.24) is 9.88 Å². The lowest BCUT2D eigenvalue weighted by Gasteiger charge is -2.22. The summed E-state index contributed by atoms with van der Waals surface area (Å²) in [7, 11) is 0.421. The minimum Gasteiger partial charge on any atom is -0.309 e. The molecule has 2 aromatic carbocycles. The summed E-state index contributed by atoms with van der Waals surface area (Å²) in [6, 6.07) is 12.2. The Bertz CT molecular complexity index is 1160. The van der Waals surface area contributed by atoms with Crippen LogP contribution in [-0.4, -0.2) is 57.1 Å². The van der Waals surface area contributed by atoms with Crippen LogP contribution in [-0.2, 0) is 9.84 Å². The molecule has 0 aliphatic rings. The molecule has 0 saturated heterocycles. The van der Waals surface area contributed by atoms with Crippen LogP contribution in [0.4, 0.5) is 5.13 Å². The molecule has 0 aliphatic carbocycles. The molecule has 0 N–H and O–H groups in total. The van der Waals surface area contributed by atoms with E-state index in [2.05, 4.69) is 20.9 Å². The molecule has 3 aromatic rings. The van der Waals surface area contributed by atoms with Gasteiger partial charge in [0.25, 0.3) is 5.91 Å². The van der Waals surface area contributed by atoms with E-state index in [9.17, 15) is 13.2 Å². The van der Waals surface area contributed by atoms with Crippen LogP contribution in [0.5, 0.6) is 0 Å². The van der Waals surface area contributed by atoms with E-state index in [-0.39, 0.29) is 22.1 Å². The standard InChI is InChI=1S/C21H24BrN3O3S2/c1-4-30(27,28)19-9-6-5-8-16(19)20(26)25(13-7-12-24(2)3)21-23-17-11-10-15(22)14-18(17)29-21/h5-6,8-11,14H,4,7,12-13H2,1-3H3. The summed E-state index contributed by atoms with van der Waals surface area (Å²) in [6.45, 7) is 2.82. The monoisotopic (exact) mass is 509 g/mol. The maximum absolute atomic E-state index is 13.6. The second-order valence-corrected chi connectivity index (χ2v) is 11.3. The van der Waals surface area contributed by atoms with Gasteiger partial charge in [-0.3, -0.25) is 9.69 Å². The predicted octanol–water partition coefficient (Wildman–Crippen LogP) is 4.45. The normalized spacial score (nSPS) is 11.9. The first kappa shape index (κ1) is 22.9. The zero-order valence-corrected chi connectivity index (χ0v) is 20.3. The van der Waals surface area contributed by atoms with Gasteiger partial charge in [0.2, 0.25) is 0 Å². The Morgan fingerprint density at radius 1 is 1.13 bits per heavy atom. The fourth-order valence-corrected chi connectivity index (χ4v) is 5.68. The Balaban J connectivity index is 2.05. The Morgan fingerprint density at radius 2 is 1.87 bits per heavy atom. The highest BCUT2D eigenvalue weighted by atomic mass is 79.9. The van der Waals surface area contributed by atoms with E-state index in [1.54, 1.807) is 30.0 Å². The number of amides is 1. The van der Waals surface area contributed by atoms with Crippen LogP contribution in [0.3, 0.4) is 0 Å². The molecule has 0 bridgehead atoms. The van der Waals surface area contributed by atoms with E-state index in [4.69, 9.17) is 0 Å². The summed E-state index contributed by atoms with van der Waals surface area (Å²) in [6.07, 6.45) is 0.737. The molecule has 0 fully saturated rings. The van der Waals surface area contributed by atoms with Gasteiger partial charge in [0.1, 0.15) is 0 Å². The van der Waals surface area contributed by atoms with E-state index in [1.807, 2.05) is 37.2 Å². The molecule has 9 heteroatoms. The summed E-state index contributed by atoms with van der Waals surface area (Å²) in [5.41, 5.74) is 0.989. The highest BCUT2D eigenvalue weighted by Gasteiger charge is 2.27. The molecule has 0 spiro atoms. The molecular formula is C21H24BrN3O3S2. The first-order valence-corrected chi connectivity index (χ1v) is 12.8. The summed E-state index contributed by atoms with van der Waals surface area (Å²) >= 11 is 4.89. The number of nitrogens with zero attached hydrogens (tertiary/aromatic N) is 3. The molecule has 1 heterocycles. The van der Waals surface area contributed by atoms with Crippen molar-refractivity contribution in [2.75, 3.05) is 37.8 Å². The maximum atomic E-state index is 13.6. The summed E-state index contributed by atoms with van der Waals surface area (Å²) in [4.78, 5) is 21.9. The third-order valence-corrected chi connectivity index (χ3v) is 7.96. The Kier molecular flexibility index (Phi) is 7.28. The number of hydrogen-bond acceptors (Lipinski definition) is 6. The Labute approximate surface area is 189 Å². The maximum Gasteiger partial charge on any atom is 0.261 e. The van der Waals surface area contributed by atoms with Gasteiger partial charge in [0.15, 0.2) is 15.0 Å². The minimum atomic E-state index is -3.53. The van der Waals surface area contributed by atoms with Crippen molar-refractivity contribution in [3.8, 4) is 0 Å². The average Bonchev–Trinajstić information content (AvgIpc) is 3.13. The molecule has 160 valence electrons. The van der Waals surface area contributed by atoms with Crippen LogP contribution in [0, 0.1) is 0 Å². The first-order valence-electron chi connectivity index (χ1n) is 9.57. The number of fused-ring (bicyclic) bond motifs is 1. The smallest absolute Gasteiger partial charge is 0.261 e.